The predicted octanol–water partition coefficient (Wildman–Crippen LogP) is 3.72. The van der Waals surface area contributed by atoms with Crippen LogP contribution < -0.4 is 20.9 Å². The highest BCUT2D eigenvalue weighted by atomic mass is 16.5. The van der Waals surface area contributed by atoms with Crippen LogP contribution in [0.1, 0.15) is 27.8 Å². The first-order valence-electron chi connectivity index (χ1n) is 9.14. The normalized spacial score (nSPS) is 10.4. The van der Waals surface area contributed by atoms with Crippen molar-refractivity contribution >= 4 is 11.7 Å². The van der Waals surface area contributed by atoms with Crippen molar-refractivity contribution in [3.63, 3.8) is 0 Å². The average molecular weight is 388 g/mol. The minimum atomic E-state index is 0.0499. The summed E-state index contributed by atoms with van der Waals surface area (Å²) in [6.07, 6.45) is 0. The molecule has 0 unspecified atom stereocenters. The number of hydrogen-bond donors (Lipinski definition) is 4. The fraction of sp³-hybridized carbons (Fsp3) is 0.130. The van der Waals surface area contributed by atoms with Crippen molar-refractivity contribution in [2.75, 3.05) is 0 Å². The summed E-state index contributed by atoms with van der Waals surface area (Å²) in [7, 11) is 0. The van der Waals surface area contributed by atoms with Crippen molar-refractivity contribution in [1.82, 2.24) is 0 Å². The molecule has 0 heterocycles. The van der Waals surface area contributed by atoms with Gasteiger partial charge in [0.05, 0.1) is 0 Å². The number of rotatable bonds is 8. The molecular formula is C23H24N4O2. The average Bonchev–Trinajstić information content (AvgIpc) is 2.71. The molecule has 0 aliphatic carbocycles. The summed E-state index contributed by atoms with van der Waals surface area (Å²) < 4.78 is 11.8. The third kappa shape index (κ3) is 5.59. The second-order valence-corrected chi connectivity index (χ2v) is 6.78. The Balaban J connectivity index is 1.61. The van der Waals surface area contributed by atoms with E-state index in [1.807, 2.05) is 73.7 Å². The van der Waals surface area contributed by atoms with Crippen LogP contribution in [0.25, 0.3) is 0 Å². The molecular weight excluding hydrogens is 364 g/mol. The first kappa shape index (κ1) is 19.9. The summed E-state index contributed by atoms with van der Waals surface area (Å²) in [4.78, 5) is 0. The first-order valence-corrected chi connectivity index (χ1v) is 9.14. The Morgan fingerprint density at radius 3 is 1.41 bits per heavy atom. The third-order valence-electron chi connectivity index (χ3n) is 4.37. The first-order chi connectivity index (χ1) is 13.9. The molecule has 0 amide bonds. The van der Waals surface area contributed by atoms with Crippen molar-refractivity contribution in [3.05, 3.63) is 94.5 Å². The van der Waals surface area contributed by atoms with Gasteiger partial charge in [0.25, 0.3) is 0 Å². The van der Waals surface area contributed by atoms with Gasteiger partial charge in [-0.1, -0.05) is 48.5 Å². The zero-order valence-electron chi connectivity index (χ0n) is 16.2. The van der Waals surface area contributed by atoms with Crippen LogP contribution in [0.3, 0.4) is 0 Å². The Hall–Kier alpha value is -3.80. The minimum absolute atomic E-state index is 0.0499. The maximum atomic E-state index is 7.44. The quantitative estimate of drug-likeness (QED) is 0.347. The van der Waals surface area contributed by atoms with Crippen molar-refractivity contribution in [1.29, 1.82) is 10.8 Å². The molecule has 0 atom stereocenters. The summed E-state index contributed by atoms with van der Waals surface area (Å²) in [5.74, 6) is 1.55. The van der Waals surface area contributed by atoms with Crippen molar-refractivity contribution in [2.24, 2.45) is 11.5 Å². The van der Waals surface area contributed by atoms with Gasteiger partial charge in [0, 0.05) is 17.2 Å². The van der Waals surface area contributed by atoms with Gasteiger partial charge in [0.1, 0.15) is 36.4 Å². The van der Waals surface area contributed by atoms with E-state index in [-0.39, 0.29) is 11.7 Å². The van der Waals surface area contributed by atoms with Crippen LogP contribution >= 0.6 is 0 Å². The fourth-order valence-corrected chi connectivity index (χ4v) is 2.78. The molecule has 6 N–H and O–H groups in total. The molecule has 148 valence electrons. The second-order valence-electron chi connectivity index (χ2n) is 6.78. The Morgan fingerprint density at radius 1 is 0.690 bits per heavy atom. The molecule has 3 aromatic rings. The van der Waals surface area contributed by atoms with E-state index < -0.39 is 0 Å². The highest BCUT2D eigenvalue weighted by Crippen LogP contribution is 2.24. The fourth-order valence-electron chi connectivity index (χ4n) is 2.78. The number of nitrogens with one attached hydrogen (secondary N) is 2. The molecule has 6 nitrogen and oxygen atoms in total. The SMILES string of the molecule is Cc1cc(OCc2ccc(C(=N)N)cc2)cc(OCc2ccc(C(=N)N)cc2)c1. The van der Waals surface area contributed by atoms with E-state index >= 15 is 0 Å². The molecule has 0 aromatic heterocycles. The van der Waals surface area contributed by atoms with Gasteiger partial charge >= 0.3 is 0 Å². The standard InChI is InChI=1S/C23H24N4O2/c1-15-10-20(28-13-16-2-6-18(7-3-16)22(24)25)12-21(11-15)29-14-17-4-8-19(9-5-17)23(26)27/h2-12H,13-14H2,1H3,(H3,24,25)(H3,26,27). The monoisotopic (exact) mass is 388 g/mol. The summed E-state index contributed by atoms with van der Waals surface area (Å²) in [5.41, 5.74) is 15.4. The summed E-state index contributed by atoms with van der Waals surface area (Å²) in [6.45, 7) is 2.81. The molecule has 0 fully saturated rings. The van der Waals surface area contributed by atoms with E-state index in [2.05, 4.69) is 0 Å². The molecule has 3 rings (SSSR count). The van der Waals surface area contributed by atoms with E-state index in [0.717, 1.165) is 28.2 Å². The van der Waals surface area contributed by atoms with Gasteiger partial charge in [0.2, 0.25) is 0 Å². The molecule has 0 radical (unpaired) electrons. The van der Waals surface area contributed by atoms with Crippen molar-refractivity contribution in [3.8, 4) is 11.5 Å². The maximum absolute atomic E-state index is 7.44. The summed E-state index contributed by atoms with van der Waals surface area (Å²) in [5, 5.41) is 14.9. The topological polar surface area (TPSA) is 118 Å². The molecule has 29 heavy (non-hydrogen) atoms. The lowest BCUT2D eigenvalue weighted by atomic mass is 10.1. The van der Waals surface area contributed by atoms with Crippen molar-refractivity contribution in [2.45, 2.75) is 20.1 Å². The van der Waals surface area contributed by atoms with Crippen LogP contribution in [0.2, 0.25) is 0 Å². The van der Waals surface area contributed by atoms with Gasteiger partial charge in [-0.25, -0.2) is 0 Å². The van der Waals surface area contributed by atoms with Gasteiger partial charge in [-0.3, -0.25) is 10.8 Å². The van der Waals surface area contributed by atoms with E-state index in [1.54, 1.807) is 0 Å². The molecule has 0 bridgehead atoms. The Morgan fingerprint density at radius 2 is 1.07 bits per heavy atom. The molecule has 0 aliphatic rings. The van der Waals surface area contributed by atoms with Gasteiger partial charge in [-0.2, -0.15) is 0 Å². The van der Waals surface area contributed by atoms with Crippen LogP contribution in [-0.4, -0.2) is 11.7 Å². The van der Waals surface area contributed by atoms with Gasteiger partial charge in [-0.15, -0.1) is 0 Å². The van der Waals surface area contributed by atoms with E-state index in [0.29, 0.717) is 24.3 Å². The number of nitrogen functional groups attached to an aromatic ring is 2. The number of amidine groups is 2. The maximum Gasteiger partial charge on any atom is 0.123 e. The Bertz CT molecular complexity index is 932. The van der Waals surface area contributed by atoms with E-state index in [1.165, 1.54) is 0 Å². The number of ether oxygens (including phenoxy) is 2. The van der Waals surface area contributed by atoms with Crippen LogP contribution in [0.4, 0.5) is 0 Å². The zero-order valence-corrected chi connectivity index (χ0v) is 16.2. The molecule has 0 saturated heterocycles. The molecule has 0 aliphatic heterocycles. The largest absolute Gasteiger partial charge is 0.489 e. The molecule has 0 spiro atoms. The molecule has 0 saturated carbocycles. The highest BCUT2D eigenvalue weighted by molar-refractivity contribution is 5.95. The van der Waals surface area contributed by atoms with Crippen LogP contribution in [-0.2, 0) is 13.2 Å². The van der Waals surface area contributed by atoms with Gasteiger partial charge in [0.15, 0.2) is 0 Å². The number of benzene rings is 3. The van der Waals surface area contributed by atoms with E-state index in [9.17, 15) is 0 Å². The Kier molecular flexibility index (Phi) is 6.14. The van der Waals surface area contributed by atoms with Crippen LogP contribution in [0.5, 0.6) is 11.5 Å². The molecule has 6 heteroatoms. The number of hydrogen-bond acceptors (Lipinski definition) is 4. The van der Waals surface area contributed by atoms with Gasteiger partial charge in [-0.05, 0) is 35.7 Å². The minimum Gasteiger partial charge on any atom is -0.489 e. The lowest BCUT2D eigenvalue weighted by molar-refractivity contribution is 0.289. The van der Waals surface area contributed by atoms with E-state index in [4.69, 9.17) is 31.8 Å². The molecule has 3 aromatic carbocycles. The van der Waals surface area contributed by atoms with Crippen LogP contribution in [0.15, 0.2) is 66.7 Å². The van der Waals surface area contributed by atoms with Crippen molar-refractivity contribution < 1.29 is 9.47 Å². The second kappa shape index (κ2) is 8.93. The summed E-state index contributed by atoms with van der Waals surface area (Å²) in [6, 6.07) is 20.6. The number of nitrogens with two attached hydrogens (primary N) is 2. The number of aryl methyl sites for hydroxylation is 1. The van der Waals surface area contributed by atoms with Crippen LogP contribution in [0, 0.1) is 17.7 Å². The summed E-state index contributed by atoms with van der Waals surface area (Å²) >= 11 is 0. The Labute approximate surface area is 170 Å². The highest BCUT2D eigenvalue weighted by Gasteiger charge is 2.04. The zero-order chi connectivity index (χ0) is 20.8. The third-order valence-corrected chi connectivity index (χ3v) is 4.37. The predicted molar refractivity (Wildman–Crippen MR) is 115 cm³/mol. The smallest absolute Gasteiger partial charge is 0.123 e. The lowest BCUT2D eigenvalue weighted by Gasteiger charge is -2.12. The van der Waals surface area contributed by atoms with Gasteiger partial charge < -0.3 is 20.9 Å². The lowest BCUT2D eigenvalue weighted by Crippen LogP contribution is -2.10.